The Morgan fingerprint density at radius 1 is 1.05 bits per heavy atom. The Hall–Kier alpha value is -2.49. The number of aliphatic carboxylic acids is 1. The van der Waals surface area contributed by atoms with E-state index in [9.17, 15) is 36.2 Å². The summed E-state index contributed by atoms with van der Waals surface area (Å²) in [4.78, 5) is 11.3. The molecule has 2 atom stereocenters. The van der Waals surface area contributed by atoms with Crippen molar-refractivity contribution in [2.75, 3.05) is 6.54 Å². The van der Waals surface area contributed by atoms with E-state index in [-0.39, 0.29) is 42.9 Å². The van der Waals surface area contributed by atoms with Gasteiger partial charge < -0.3 is 15.2 Å². The van der Waals surface area contributed by atoms with Gasteiger partial charge in [-0.3, -0.25) is 4.79 Å². The van der Waals surface area contributed by atoms with Crippen LogP contribution in [0.4, 0.5) is 26.3 Å². The van der Waals surface area contributed by atoms with E-state index in [0.29, 0.717) is 30.3 Å². The Morgan fingerprint density at radius 3 is 2.27 bits per heavy atom. The third-order valence-electron chi connectivity index (χ3n) is 8.13. The van der Waals surface area contributed by atoms with Crippen molar-refractivity contribution >= 4 is 16.7 Å². The number of carboxylic acid groups (broad SMARTS) is 1. The van der Waals surface area contributed by atoms with E-state index in [2.05, 4.69) is 5.32 Å². The van der Waals surface area contributed by atoms with Crippen LogP contribution in [0.25, 0.3) is 10.8 Å². The number of carboxylic acids is 1. The number of carbonyl (C=O) groups is 1. The molecule has 10 heteroatoms. The van der Waals surface area contributed by atoms with Gasteiger partial charge >= 0.3 is 18.3 Å². The van der Waals surface area contributed by atoms with Crippen molar-refractivity contribution in [1.82, 2.24) is 5.32 Å². The lowest BCUT2D eigenvalue weighted by Gasteiger charge is -2.50. The van der Waals surface area contributed by atoms with Crippen molar-refractivity contribution in [3.05, 3.63) is 41.5 Å². The van der Waals surface area contributed by atoms with Crippen LogP contribution in [0.2, 0.25) is 0 Å². The second kappa shape index (κ2) is 10.0. The highest BCUT2D eigenvalue weighted by Crippen LogP contribution is 2.47. The second-order valence-corrected chi connectivity index (χ2v) is 10.8. The van der Waals surface area contributed by atoms with Crippen LogP contribution in [0, 0.1) is 17.3 Å². The molecule has 4 rings (SSSR count). The molecule has 2 N–H and O–H groups in total. The molecular formula is C27H31F6NO3. The monoisotopic (exact) mass is 531 g/mol. The molecule has 0 unspecified atom stereocenters. The molecular weight excluding hydrogens is 500 g/mol. The fourth-order valence-electron chi connectivity index (χ4n) is 5.66. The summed E-state index contributed by atoms with van der Waals surface area (Å²) in [5.74, 6) is -3.06. The van der Waals surface area contributed by atoms with Gasteiger partial charge in [0, 0.05) is 6.04 Å². The lowest BCUT2D eigenvalue weighted by molar-refractivity contribution is -0.185. The number of fused-ring (bicyclic) bond motifs is 1. The summed E-state index contributed by atoms with van der Waals surface area (Å²) >= 11 is 0. The molecule has 0 aromatic heterocycles. The molecule has 0 radical (unpaired) electrons. The summed E-state index contributed by atoms with van der Waals surface area (Å²) < 4.78 is 87.1. The van der Waals surface area contributed by atoms with E-state index in [1.807, 2.05) is 13.8 Å². The van der Waals surface area contributed by atoms with Crippen molar-refractivity contribution in [3.8, 4) is 5.75 Å². The maximum absolute atomic E-state index is 14.2. The molecule has 2 aromatic carbocycles. The van der Waals surface area contributed by atoms with Gasteiger partial charge in [-0.1, -0.05) is 38.1 Å². The van der Waals surface area contributed by atoms with Crippen LogP contribution in [0.5, 0.6) is 5.75 Å². The Bertz CT molecular complexity index is 1140. The van der Waals surface area contributed by atoms with Crippen LogP contribution in [0.3, 0.4) is 0 Å². The van der Waals surface area contributed by atoms with Gasteiger partial charge in [-0.25, -0.2) is 0 Å². The first-order valence-corrected chi connectivity index (χ1v) is 12.5. The molecule has 2 fully saturated rings. The van der Waals surface area contributed by atoms with Crippen LogP contribution in [-0.2, 0) is 17.4 Å². The maximum Gasteiger partial charge on any atom is 0.420 e. The van der Waals surface area contributed by atoms with Gasteiger partial charge in [-0.15, -0.1) is 0 Å². The fourth-order valence-corrected chi connectivity index (χ4v) is 5.66. The summed E-state index contributed by atoms with van der Waals surface area (Å²) in [7, 11) is 0. The Balaban J connectivity index is 1.48. The minimum atomic E-state index is -4.71. The first-order chi connectivity index (χ1) is 17.2. The molecule has 0 heterocycles. The fraction of sp³-hybridized carbons (Fsp3) is 0.593. The Morgan fingerprint density at radius 2 is 1.70 bits per heavy atom. The summed E-state index contributed by atoms with van der Waals surface area (Å²) in [5, 5.41) is 13.0. The predicted octanol–water partition coefficient (Wildman–Crippen LogP) is 6.99. The molecule has 0 spiro atoms. The molecule has 37 heavy (non-hydrogen) atoms. The maximum atomic E-state index is 14.2. The van der Waals surface area contributed by atoms with Gasteiger partial charge in [0.05, 0.1) is 17.9 Å². The van der Waals surface area contributed by atoms with Gasteiger partial charge in [0.1, 0.15) is 11.3 Å². The zero-order chi connectivity index (χ0) is 27.2. The average Bonchev–Trinajstić information content (AvgIpc) is 2.79. The van der Waals surface area contributed by atoms with Gasteiger partial charge in [-0.2, -0.15) is 26.3 Å². The molecule has 2 aromatic rings. The second-order valence-electron chi connectivity index (χ2n) is 10.8. The number of halogens is 6. The van der Waals surface area contributed by atoms with E-state index >= 15 is 0 Å². The summed E-state index contributed by atoms with van der Waals surface area (Å²) in [6.45, 7) is 4.25. The molecule has 0 aliphatic heterocycles. The van der Waals surface area contributed by atoms with E-state index in [1.54, 1.807) is 12.1 Å². The third-order valence-corrected chi connectivity index (χ3v) is 8.13. The number of rotatable bonds is 7. The standard InChI is InChI=1S/C27H31F6NO3/c1-25(2)20(24(35)36)14-22(25)34-12-11-15-3-4-16-5-10-21(23(19(16)13-15)27(31,32)33)37-18-8-6-17(7-9-18)26(28,29)30/h3-5,10,13,17-18,20,22,34H,6-9,11-12,14H2,1-2H3,(H,35,36)/t17-,18+,20-,22+/m0/s1. The highest BCUT2D eigenvalue weighted by atomic mass is 19.4. The van der Waals surface area contributed by atoms with Gasteiger partial charge in [0.25, 0.3) is 0 Å². The molecule has 2 aliphatic rings. The quantitative estimate of drug-likeness (QED) is 0.378. The number of benzene rings is 2. The van der Waals surface area contributed by atoms with Crippen LogP contribution in [0.1, 0.15) is 57.1 Å². The number of ether oxygens (including phenoxy) is 1. The number of hydrogen-bond acceptors (Lipinski definition) is 3. The largest absolute Gasteiger partial charge is 0.490 e. The topological polar surface area (TPSA) is 58.6 Å². The van der Waals surface area contributed by atoms with E-state index in [4.69, 9.17) is 4.74 Å². The zero-order valence-electron chi connectivity index (χ0n) is 20.7. The first kappa shape index (κ1) is 27.5. The van der Waals surface area contributed by atoms with Crippen molar-refractivity contribution in [3.63, 3.8) is 0 Å². The Labute approximate surface area is 211 Å². The van der Waals surface area contributed by atoms with Crippen molar-refractivity contribution in [2.45, 2.75) is 76.9 Å². The lowest BCUT2D eigenvalue weighted by atomic mass is 9.58. The normalized spacial score (nSPS) is 26.1. The van der Waals surface area contributed by atoms with Gasteiger partial charge in [0.15, 0.2) is 0 Å². The van der Waals surface area contributed by atoms with Gasteiger partial charge in [-0.05, 0) is 72.9 Å². The van der Waals surface area contributed by atoms with Crippen LogP contribution < -0.4 is 10.1 Å². The Kier molecular flexibility index (Phi) is 7.44. The first-order valence-electron chi connectivity index (χ1n) is 12.5. The highest BCUT2D eigenvalue weighted by molar-refractivity contribution is 5.89. The summed E-state index contributed by atoms with van der Waals surface area (Å²) in [5.41, 5.74) is -0.646. The van der Waals surface area contributed by atoms with Crippen molar-refractivity contribution in [2.24, 2.45) is 17.3 Å². The average molecular weight is 532 g/mol. The van der Waals surface area contributed by atoms with Crippen LogP contribution in [-0.4, -0.2) is 35.9 Å². The van der Waals surface area contributed by atoms with Crippen molar-refractivity contribution in [1.29, 1.82) is 0 Å². The molecule has 2 saturated carbocycles. The molecule has 2 aliphatic carbocycles. The number of hydrogen-bond donors (Lipinski definition) is 2. The molecule has 4 nitrogen and oxygen atoms in total. The zero-order valence-corrected chi connectivity index (χ0v) is 20.7. The van der Waals surface area contributed by atoms with E-state index in [0.717, 1.165) is 0 Å². The van der Waals surface area contributed by atoms with Crippen LogP contribution in [0.15, 0.2) is 30.3 Å². The molecule has 204 valence electrons. The predicted molar refractivity (Wildman–Crippen MR) is 126 cm³/mol. The van der Waals surface area contributed by atoms with Crippen LogP contribution >= 0.6 is 0 Å². The number of alkyl halides is 6. The molecule has 0 saturated heterocycles. The lowest BCUT2D eigenvalue weighted by Crippen LogP contribution is -2.59. The summed E-state index contributed by atoms with van der Waals surface area (Å²) in [6.07, 6.45) is -8.99. The molecule has 0 bridgehead atoms. The van der Waals surface area contributed by atoms with Crippen molar-refractivity contribution < 1.29 is 41.0 Å². The van der Waals surface area contributed by atoms with Gasteiger partial charge in [0.2, 0.25) is 0 Å². The summed E-state index contributed by atoms with van der Waals surface area (Å²) in [6, 6.07) is 7.65. The third kappa shape index (κ3) is 5.84. The van der Waals surface area contributed by atoms with E-state index in [1.165, 1.54) is 18.2 Å². The molecule has 0 amide bonds. The highest BCUT2D eigenvalue weighted by Gasteiger charge is 2.51. The van der Waals surface area contributed by atoms with E-state index < -0.39 is 47.2 Å². The minimum Gasteiger partial charge on any atom is -0.490 e. The SMILES string of the molecule is CC1(C)[C@H](NCCc2ccc3ccc(O[C@H]4CC[C@@H](C(F)(F)F)CC4)c(C(F)(F)F)c3c2)C[C@H]1C(=O)O. The smallest absolute Gasteiger partial charge is 0.420 e. The minimum absolute atomic E-state index is 0.00670. The number of nitrogens with one attached hydrogen (secondary N) is 1.